The molecule has 0 bridgehead atoms. The number of phosphoric ester groups is 1. The number of aryl methyl sites for hydroxylation is 1. The van der Waals surface area contributed by atoms with Crippen molar-refractivity contribution < 1.29 is 37.4 Å². The number of nitrogens with zero attached hydrogens (tertiary/aromatic N) is 2. The molecule has 4 aromatic rings. The van der Waals surface area contributed by atoms with Crippen LogP contribution in [0.1, 0.15) is 86.6 Å². The number of benzene rings is 3. The molecule has 0 spiro atoms. The third-order valence-corrected chi connectivity index (χ3v) is 8.76. The van der Waals surface area contributed by atoms with Crippen molar-refractivity contribution in [3.05, 3.63) is 77.4 Å². The van der Waals surface area contributed by atoms with Crippen LogP contribution < -0.4 is 4.52 Å². The topological polar surface area (TPSA) is 122 Å². The van der Waals surface area contributed by atoms with Crippen molar-refractivity contribution in [3.8, 4) is 5.75 Å². The van der Waals surface area contributed by atoms with Gasteiger partial charge >= 0.3 is 13.8 Å². The SMILES string of the molecule is CCCCC/C(=N\OC(C)=O)C(=O)c1ccc2c(c1)c1cc(C(=O)c3ccc(OP(=O)(OCC)OCC)cc3)ccc1n2CC. The molecule has 0 saturated heterocycles. The van der Waals surface area contributed by atoms with E-state index in [0.717, 1.165) is 41.1 Å². The number of phosphoric acid groups is 1. The summed E-state index contributed by atoms with van der Waals surface area (Å²) in [5.41, 5.74) is 3.35. The number of hydrogen-bond acceptors (Lipinski definition) is 9. The summed E-state index contributed by atoms with van der Waals surface area (Å²) in [6.45, 7) is 9.72. The third-order valence-electron chi connectivity index (χ3n) is 7.18. The smallest absolute Gasteiger partial charge is 0.404 e. The summed E-state index contributed by atoms with van der Waals surface area (Å²) in [5, 5.41) is 5.52. The zero-order chi connectivity index (χ0) is 32.6. The molecule has 0 atom stereocenters. The summed E-state index contributed by atoms with van der Waals surface area (Å²) in [5.74, 6) is -0.855. The van der Waals surface area contributed by atoms with Gasteiger partial charge in [-0.2, -0.15) is 0 Å². The number of Topliss-reactive ketones (excluding diaryl/α,β-unsaturated/α-hetero) is 1. The molecule has 0 N–H and O–H groups in total. The van der Waals surface area contributed by atoms with Crippen LogP contribution in [0.2, 0.25) is 0 Å². The van der Waals surface area contributed by atoms with E-state index in [1.54, 1.807) is 50.2 Å². The van der Waals surface area contributed by atoms with Gasteiger partial charge in [0.15, 0.2) is 5.78 Å². The summed E-state index contributed by atoms with van der Waals surface area (Å²) < 4.78 is 30.7. The number of aromatic nitrogens is 1. The molecule has 0 amide bonds. The molecule has 0 saturated carbocycles. The van der Waals surface area contributed by atoms with Crippen molar-refractivity contribution >= 4 is 52.9 Å². The molecular weight excluding hydrogens is 595 g/mol. The Labute approximate surface area is 262 Å². The zero-order valence-corrected chi connectivity index (χ0v) is 27.2. The Kier molecular flexibility index (Phi) is 11.4. The maximum atomic E-state index is 13.6. The fourth-order valence-corrected chi connectivity index (χ4v) is 6.32. The number of rotatable bonds is 16. The van der Waals surface area contributed by atoms with Crippen molar-refractivity contribution in [2.45, 2.75) is 66.8 Å². The number of carbonyl (C=O) groups is 3. The fourth-order valence-electron chi connectivity index (χ4n) is 5.13. The second kappa shape index (κ2) is 15.3. The van der Waals surface area contributed by atoms with Crippen LogP contribution in [0, 0.1) is 0 Å². The summed E-state index contributed by atoms with van der Waals surface area (Å²) in [7, 11) is -3.76. The predicted octanol–water partition coefficient (Wildman–Crippen LogP) is 8.29. The van der Waals surface area contributed by atoms with Crippen molar-refractivity contribution in [1.82, 2.24) is 4.57 Å². The second-order valence-corrected chi connectivity index (χ2v) is 11.9. The Morgan fingerprint density at radius 3 is 1.91 bits per heavy atom. The van der Waals surface area contributed by atoms with E-state index in [0.29, 0.717) is 29.7 Å². The van der Waals surface area contributed by atoms with Gasteiger partial charge in [-0.15, -0.1) is 0 Å². The molecule has 1 heterocycles. The van der Waals surface area contributed by atoms with E-state index in [9.17, 15) is 18.9 Å². The first-order valence-corrected chi connectivity index (χ1v) is 16.7. The van der Waals surface area contributed by atoms with Crippen LogP contribution in [0.5, 0.6) is 5.75 Å². The molecular formula is C34H39N2O8P. The van der Waals surface area contributed by atoms with Crippen molar-refractivity contribution in [3.63, 3.8) is 0 Å². The quantitative estimate of drug-likeness (QED) is 0.0301. The molecule has 45 heavy (non-hydrogen) atoms. The minimum Gasteiger partial charge on any atom is -0.404 e. The molecule has 11 heteroatoms. The Bertz CT molecular complexity index is 1760. The fraction of sp³-hybridized carbons (Fsp3) is 0.353. The van der Waals surface area contributed by atoms with E-state index < -0.39 is 13.8 Å². The minimum atomic E-state index is -3.76. The van der Waals surface area contributed by atoms with Crippen LogP contribution >= 0.6 is 7.82 Å². The highest BCUT2D eigenvalue weighted by atomic mass is 31.2. The van der Waals surface area contributed by atoms with E-state index >= 15 is 0 Å². The average Bonchev–Trinajstić information content (AvgIpc) is 3.34. The average molecular weight is 635 g/mol. The molecule has 1 aromatic heterocycles. The normalized spacial score (nSPS) is 12.1. The molecule has 3 aromatic carbocycles. The van der Waals surface area contributed by atoms with Gasteiger partial charge in [0.25, 0.3) is 0 Å². The lowest BCUT2D eigenvalue weighted by molar-refractivity contribution is -0.140. The molecule has 0 aliphatic carbocycles. The zero-order valence-electron chi connectivity index (χ0n) is 26.3. The minimum absolute atomic E-state index is 0.155. The molecule has 0 radical (unpaired) electrons. The van der Waals surface area contributed by atoms with E-state index in [1.807, 2.05) is 31.2 Å². The van der Waals surface area contributed by atoms with Gasteiger partial charge in [0.1, 0.15) is 11.5 Å². The molecule has 0 aliphatic heterocycles. The Morgan fingerprint density at radius 2 is 1.36 bits per heavy atom. The van der Waals surface area contributed by atoms with Crippen LogP contribution in [0.3, 0.4) is 0 Å². The van der Waals surface area contributed by atoms with Crippen LogP contribution in [-0.2, 0) is 29.8 Å². The van der Waals surface area contributed by atoms with E-state index in [4.69, 9.17) is 18.4 Å². The van der Waals surface area contributed by atoms with Crippen LogP contribution in [0.15, 0.2) is 65.8 Å². The number of hydrogen-bond donors (Lipinski definition) is 0. The van der Waals surface area contributed by atoms with Crippen LogP contribution in [-0.4, -0.2) is 41.0 Å². The van der Waals surface area contributed by atoms with Crippen molar-refractivity contribution in [2.24, 2.45) is 5.16 Å². The standard InChI is InChI=1S/C34H39N2O8P/c1-6-10-11-12-30(35-43-23(5)37)34(39)26-16-20-32-29(22-26)28-21-25(15-19-31(28)36(32)7-2)33(38)24-13-17-27(18-14-24)44-45(40,41-8-3)42-9-4/h13-22H,6-12H2,1-5H3/b35-30+. The summed E-state index contributed by atoms with van der Waals surface area (Å²) in [4.78, 5) is 43.3. The van der Waals surface area contributed by atoms with Gasteiger partial charge in [-0.05, 0) is 94.3 Å². The molecule has 238 valence electrons. The largest absolute Gasteiger partial charge is 0.530 e. The van der Waals surface area contributed by atoms with Crippen LogP contribution in [0.4, 0.5) is 0 Å². The lowest BCUT2D eigenvalue weighted by Gasteiger charge is -2.17. The number of carbonyl (C=O) groups excluding carboxylic acids is 3. The Hall–Kier alpha value is -4.11. The van der Waals surface area contributed by atoms with Gasteiger partial charge in [0.2, 0.25) is 5.78 Å². The highest BCUT2D eigenvalue weighted by Crippen LogP contribution is 2.49. The maximum Gasteiger partial charge on any atom is 0.530 e. The van der Waals surface area contributed by atoms with E-state index in [-0.39, 0.29) is 36.2 Å². The highest BCUT2D eigenvalue weighted by molar-refractivity contribution is 7.48. The molecule has 4 rings (SSSR count). The van der Waals surface area contributed by atoms with E-state index in [2.05, 4.69) is 16.6 Å². The molecule has 0 fully saturated rings. The van der Waals surface area contributed by atoms with Crippen molar-refractivity contribution in [1.29, 1.82) is 0 Å². The van der Waals surface area contributed by atoms with Crippen LogP contribution in [0.25, 0.3) is 21.8 Å². The van der Waals surface area contributed by atoms with Gasteiger partial charge in [-0.25, -0.2) is 9.36 Å². The molecule has 0 unspecified atom stereocenters. The predicted molar refractivity (Wildman–Crippen MR) is 174 cm³/mol. The number of ketones is 2. The molecule has 10 nitrogen and oxygen atoms in total. The third kappa shape index (κ3) is 7.95. The molecule has 0 aliphatic rings. The van der Waals surface area contributed by atoms with Gasteiger partial charge < -0.3 is 13.9 Å². The maximum absolute atomic E-state index is 13.6. The summed E-state index contributed by atoms with van der Waals surface area (Å²) in [6.07, 6.45) is 3.03. The second-order valence-electron chi connectivity index (χ2n) is 10.3. The first-order valence-electron chi connectivity index (χ1n) is 15.2. The number of oxime groups is 1. The Morgan fingerprint density at radius 1 is 0.778 bits per heavy atom. The Balaban J connectivity index is 1.68. The van der Waals surface area contributed by atoms with Gasteiger partial charge in [0, 0.05) is 52.0 Å². The summed E-state index contributed by atoms with van der Waals surface area (Å²) in [6, 6.07) is 17.3. The van der Waals surface area contributed by atoms with E-state index in [1.165, 1.54) is 6.92 Å². The monoisotopic (exact) mass is 634 g/mol. The lowest BCUT2D eigenvalue weighted by Crippen LogP contribution is -2.16. The first-order chi connectivity index (χ1) is 21.6. The van der Waals surface area contributed by atoms with Crippen molar-refractivity contribution in [2.75, 3.05) is 13.2 Å². The number of fused-ring (bicyclic) bond motifs is 3. The first kappa shape index (κ1) is 33.8. The lowest BCUT2D eigenvalue weighted by atomic mass is 9.98. The summed E-state index contributed by atoms with van der Waals surface area (Å²) >= 11 is 0. The highest BCUT2D eigenvalue weighted by Gasteiger charge is 2.27. The van der Waals surface area contributed by atoms with Gasteiger partial charge in [-0.3, -0.25) is 18.6 Å². The van der Waals surface area contributed by atoms with Gasteiger partial charge in [-0.1, -0.05) is 24.9 Å². The van der Waals surface area contributed by atoms with Gasteiger partial charge in [0.05, 0.1) is 13.2 Å². The number of unbranched alkanes of at least 4 members (excludes halogenated alkanes) is 2.